The second kappa shape index (κ2) is 8.32. The Morgan fingerprint density at radius 2 is 1.85 bits per heavy atom. The molecule has 1 rings (SSSR count). The van der Waals surface area contributed by atoms with E-state index < -0.39 is 12.1 Å². The third kappa shape index (κ3) is 5.40. The number of benzene rings is 1. The van der Waals surface area contributed by atoms with Gasteiger partial charge in [0, 0.05) is 6.42 Å². The number of rotatable bonds is 7. The first-order valence-electron chi connectivity index (χ1n) is 6.67. The number of aliphatic hydroxyl groups is 1. The van der Waals surface area contributed by atoms with Crippen LogP contribution in [-0.4, -0.2) is 36.7 Å². The predicted octanol–water partition coefficient (Wildman–Crippen LogP) is 0.832. The molecular formula is C15H21NO4. The first kappa shape index (κ1) is 16.2. The average Bonchev–Trinajstić information content (AvgIpc) is 2.50. The highest BCUT2D eigenvalue weighted by atomic mass is 16.5. The smallest absolute Gasteiger partial charge is 0.336 e. The molecule has 5 heteroatoms. The van der Waals surface area contributed by atoms with Crippen molar-refractivity contribution in [2.24, 2.45) is 0 Å². The van der Waals surface area contributed by atoms with E-state index in [1.54, 1.807) is 0 Å². The molecule has 1 aromatic rings. The van der Waals surface area contributed by atoms with Crippen molar-refractivity contribution < 1.29 is 19.4 Å². The summed E-state index contributed by atoms with van der Waals surface area (Å²) in [6.07, 6.45) is 0.628. The highest BCUT2D eigenvalue weighted by molar-refractivity contribution is 5.78. The van der Waals surface area contributed by atoms with Crippen molar-refractivity contribution in [3.8, 4) is 0 Å². The van der Waals surface area contributed by atoms with Gasteiger partial charge in [-0.15, -0.1) is 0 Å². The second-order valence-corrected chi connectivity index (χ2v) is 4.51. The van der Waals surface area contributed by atoms with Crippen molar-refractivity contribution in [3.05, 3.63) is 35.4 Å². The summed E-state index contributed by atoms with van der Waals surface area (Å²) in [7, 11) is 1.19. The third-order valence-electron chi connectivity index (χ3n) is 3.04. The van der Waals surface area contributed by atoms with E-state index >= 15 is 0 Å². The number of amides is 1. The topological polar surface area (TPSA) is 75.6 Å². The summed E-state index contributed by atoms with van der Waals surface area (Å²) < 4.78 is 4.36. The van der Waals surface area contributed by atoms with Gasteiger partial charge in [0.15, 0.2) is 6.10 Å². The van der Waals surface area contributed by atoms with Gasteiger partial charge < -0.3 is 15.2 Å². The molecule has 110 valence electrons. The number of carbonyl (C=O) groups excluding carboxylic acids is 2. The minimum Gasteiger partial charge on any atom is -0.467 e. The first-order chi connectivity index (χ1) is 9.56. The van der Waals surface area contributed by atoms with Crippen LogP contribution in [0.4, 0.5) is 0 Å². The summed E-state index contributed by atoms with van der Waals surface area (Å²) in [4.78, 5) is 22.5. The number of ether oxygens (including phenoxy) is 1. The SMILES string of the molecule is CCc1ccc(CCC(=O)NCC(O)C(=O)OC)cc1. The summed E-state index contributed by atoms with van der Waals surface area (Å²) in [5.74, 6) is -0.951. The van der Waals surface area contributed by atoms with Gasteiger partial charge in [-0.25, -0.2) is 4.79 Å². The van der Waals surface area contributed by atoms with Crippen LogP contribution in [0.3, 0.4) is 0 Å². The van der Waals surface area contributed by atoms with Gasteiger partial charge in [0.2, 0.25) is 5.91 Å². The summed E-state index contributed by atoms with van der Waals surface area (Å²) in [5, 5.41) is 11.8. The van der Waals surface area contributed by atoms with E-state index in [-0.39, 0.29) is 12.5 Å². The molecule has 0 fully saturated rings. The van der Waals surface area contributed by atoms with Crippen molar-refractivity contribution in [2.45, 2.75) is 32.3 Å². The van der Waals surface area contributed by atoms with Gasteiger partial charge in [0.05, 0.1) is 13.7 Å². The molecule has 0 spiro atoms. The van der Waals surface area contributed by atoms with Crippen molar-refractivity contribution >= 4 is 11.9 Å². The lowest BCUT2D eigenvalue weighted by Gasteiger charge is -2.09. The Morgan fingerprint density at radius 3 is 2.40 bits per heavy atom. The van der Waals surface area contributed by atoms with Gasteiger partial charge >= 0.3 is 5.97 Å². The van der Waals surface area contributed by atoms with Gasteiger partial charge in [-0.05, 0) is 24.0 Å². The number of aliphatic hydroxyl groups excluding tert-OH is 1. The second-order valence-electron chi connectivity index (χ2n) is 4.51. The standard InChI is InChI=1S/C15H21NO4/c1-3-11-4-6-12(7-5-11)8-9-14(18)16-10-13(17)15(19)20-2/h4-7,13,17H,3,8-10H2,1-2H3,(H,16,18). The molecule has 0 saturated carbocycles. The third-order valence-corrected chi connectivity index (χ3v) is 3.04. The summed E-state index contributed by atoms with van der Waals surface area (Å²) in [6, 6.07) is 8.12. The van der Waals surface area contributed by atoms with Crippen LogP contribution >= 0.6 is 0 Å². The maximum Gasteiger partial charge on any atom is 0.336 e. The fraction of sp³-hybridized carbons (Fsp3) is 0.467. The summed E-state index contributed by atoms with van der Waals surface area (Å²) in [6.45, 7) is 1.97. The molecule has 5 nitrogen and oxygen atoms in total. The predicted molar refractivity (Wildman–Crippen MR) is 75.2 cm³/mol. The van der Waals surface area contributed by atoms with Crippen LogP contribution in [0, 0.1) is 0 Å². The van der Waals surface area contributed by atoms with E-state index in [9.17, 15) is 14.7 Å². The van der Waals surface area contributed by atoms with Gasteiger partial charge in [-0.2, -0.15) is 0 Å². The molecule has 20 heavy (non-hydrogen) atoms. The lowest BCUT2D eigenvalue weighted by molar-refractivity contribution is -0.150. The van der Waals surface area contributed by atoms with Crippen LogP contribution in [0.2, 0.25) is 0 Å². The normalized spacial score (nSPS) is 11.8. The van der Waals surface area contributed by atoms with Crippen LogP contribution in [0.1, 0.15) is 24.5 Å². The zero-order valence-corrected chi connectivity index (χ0v) is 11.9. The quantitative estimate of drug-likeness (QED) is 0.725. The summed E-state index contributed by atoms with van der Waals surface area (Å²) in [5.41, 5.74) is 2.35. The molecule has 1 atom stereocenters. The number of esters is 1. The Labute approximate surface area is 118 Å². The molecule has 1 amide bonds. The molecule has 0 aliphatic carbocycles. The molecule has 2 N–H and O–H groups in total. The number of hydrogen-bond donors (Lipinski definition) is 2. The molecule has 0 bridgehead atoms. The maximum absolute atomic E-state index is 11.6. The zero-order chi connectivity index (χ0) is 15.0. The molecule has 0 heterocycles. The number of nitrogens with one attached hydrogen (secondary N) is 1. The van der Waals surface area contributed by atoms with E-state index in [1.165, 1.54) is 12.7 Å². The van der Waals surface area contributed by atoms with Crippen molar-refractivity contribution in [3.63, 3.8) is 0 Å². The maximum atomic E-state index is 11.6. The van der Waals surface area contributed by atoms with Gasteiger partial charge in [0.1, 0.15) is 0 Å². The van der Waals surface area contributed by atoms with Gasteiger partial charge in [0.25, 0.3) is 0 Å². The van der Waals surface area contributed by atoms with Crippen LogP contribution in [0.5, 0.6) is 0 Å². The van der Waals surface area contributed by atoms with E-state index in [2.05, 4.69) is 17.0 Å². The van der Waals surface area contributed by atoms with E-state index in [4.69, 9.17) is 0 Å². The van der Waals surface area contributed by atoms with Crippen LogP contribution < -0.4 is 5.32 Å². The Hall–Kier alpha value is -1.88. The van der Waals surface area contributed by atoms with Crippen molar-refractivity contribution in [1.82, 2.24) is 5.32 Å². The number of methoxy groups -OCH3 is 1. The fourth-order valence-corrected chi connectivity index (χ4v) is 1.72. The fourth-order valence-electron chi connectivity index (χ4n) is 1.72. The van der Waals surface area contributed by atoms with E-state index in [0.717, 1.165) is 12.0 Å². The molecule has 0 aliphatic heterocycles. The molecule has 0 radical (unpaired) electrons. The molecule has 0 saturated heterocycles. The minimum atomic E-state index is -1.31. The lowest BCUT2D eigenvalue weighted by atomic mass is 10.1. The average molecular weight is 279 g/mol. The molecule has 1 aromatic carbocycles. The van der Waals surface area contributed by atoms with Gasteiger partial charge in [-0.3, -0.25) is 4.79 Å². The largest absolute Gasteiger partial charge is 0.467 e. The monoisotopic (exact) mass is 279 g/mol. The number of aryl methyl sites for hydroxylation is 2. The molecule has 1 unspecified atom stereocenters. The Morgan fingerprint density at radius 1 is 1.25 bits per heavy atom. The van der Waals surface area contributed by atoms with E-state index in [1.807, 2.05) is 24.3 Å². The Kier molecular flexibility index (Phi) is 6.73. The Balaban J connectivity index is 2.30. The summed E-state index contributed by atoms with van der Waals surface area (Å²) >= 11 is 0. The zero-order valence-electron chi connectivity index (χ0n) is 11.9. The number of hydrogen-bond acceptors (Lipinski definition) is 4. The first-order valence-corrected chi connectivity index (χ1v) is 6.67. The van der Waals surface area contributed by atoms with Crippen molar-refractivity contribution in [2.75, 3.05) is 13.7 Å². The Bertz CT molecular complexity index is 442. The van der Waals surface area contributed by atoms with Crippen LogP contribution in [0.15, 0.2) is 24.3 Å². The van der Waals surface area contributed by atoms with Crippen LogP contribution in [0.25, 0.3) is 0 Å². The highest BCUT2D eigenvalue weighted by Crippen LogP contribution is 2.07. The minimum absolute atomic E-state index is 0.125. The molecule has 0 aliphatic rings. The molecule has 0 aromatic heterocycles. The van der Waals surface area contributed by atoms with Crippen LogP contribution in [-0.2, 0) is 27.2 Å². The lowest BCUT2D eigenvalue weighted by Crippen LogP contribution is -2.37. The van der Waals surface area contributed by atoms with Crippen molar-refractivity contribution in [1.29, 1.82) is 0 Å². The van der Waals surface area contributed by atoms with E-state index in [0.29, 0.717) is 12.8 Å². The highest BCUT2D eigenvalue weighted by Gasteiger charge is 2.15. The molecular weight excluding hydrogens is 258 g/mol. The number of carbonyl (C=O) groups is 2. The van der Waals surface area contributed by atoms with Gasteiger partial charge in [-0.1, -0.05) is 31.2 Å².